The second kappa shape index (κ2) is 5.34. The van der Waals surface area contributed by atoms with E-state index in [-0.39, 0.29) is 0 Å². The lowest BCUT2D eigenvalue weighted by molar-refractivity contribution is 0.971. The molecule has 0 amide bonds. The Morgan fingerprint density at radius 3 is 3.06 bits per heavy atom. The van der Waals surface area contributed by atoms with E-state index in [0.717, 1.165) is 17.1 Å². The lowest BCUT2D eigenvalue weighted by Crippen LogP contribution is -2.01. The quantitative estimate of drug-likeness (QED) is 0.821. The third-order valence-corrected chi connectivity index (χ3v) is 3.03. The molecule has 3 N–H and O–H groups in total. The molecule has 4 nitrogen and oxygen atoms in total. The summed E-state index contributed by atoms with van der Waals surface area (Å²) >= 11 is 7.43. The lowest BCUT2D eigenvalue weighted by atomic mass is 10.2. The van der Waals surface area contributed by atoms with Crippen LogP contribution in [0.1, 0.15) is 0 Å². The topological polar surface area (TPSA) is 67.6 Å². The molecule has 0 fully saturated rings. The van der Waals surface area contributed by atoms with E-state index in [9.17, 15) is 0 Å². The SMILES string of the molecule is NCCSc1n[nH]c(-c2cccc(Cl)c2)n1. The van der Waals surface area contributed by atoms with Crippen LogP contribution in [-0.2, 0) is 0 Å². The van der Waals surface area contributed by atoms with Crippen LogP contribution in [0.25, 0.3) is 11.4 Å². The molecule has 1 aromatic heterocycles. The summed E-state index contributed by atoms with van der Waals surface area (Å²) in [5, 5.41) is 8.36. The van der Waals surface area contributed by atoms with Gasteiger partial charge in [0.15, 0.2) is 5.82 Å². The van der Waals surface area contributed by atoms with Crippen LogP contribution in [0.3, 0.4) is 0 Å². The Kier molecular flexibility index (Phi) is 3.82. The highest BCUT2D eigenvalue weighted by Gasteiger charge is 2.05. The fraction of sp³-hybridized carbons (Fsp3) is 0.200. The standard InChI is InChI=1S/C10H11ClN4S/c11-8-3-1-2-7(6-8)9-13-10(15-14-9)16-5-4-12/h1-3,6H,4-5,12H2,(H,13,14,15). The normalized spacial score (nSPS) is 10.6. The Bertz CT molecular complexity index is 471. The molecule has 1 aromatic carbocycles. The number of benzene rings is 1. The molecule has 84 valence electrons. The monoisotopic (exact) mass is 254 g/mol. The average molecular weight is 255 g/mol. The molecule has 16 heavy (non-hydrogen) atoms. The van der Waals surface area contributed by atoms with Gasteiger partial charge in [-0.15, -0.1) is 5.10 Å². The van der Waals surface area contributed by atoms with Gasteiger partial charge >= 0.3 is 0 Å². The van der Waals surface area contributed by atoms with Crippen molar-refractivity contribution in [3.63, 3.8) is 0 Å². The van der Waals surface area contributed by atoms with Crippen molar-refractivity contribution in [2.75, 3.05) is 12.3 Å². The average Bonchev–Trinajstić information content (AvgIpc) is 2.75. The molecule has 0 unspecified atom stereocenters. The van der Waals surface area contributed by atoms with Gasteiger partial charge < -0.3 is 5.73 Å². The number of hydrogen-bond acceptors (Lipinski definition) is 4. The number of thioether (sulfide) groups is 1. The summed E-state index contributed by atoms with van der Waals surface area (Å²) in [6.07, 6.45) is 0. The Hall–Kier alpha value is -1.04. The van der Waals surface area contributed by atoms with Crippen molar-refractivity contribution in [2.45, 2.75) is 5.16 Å². The Labute approximate surface area is 103 Å². The molecule has 2 aromatic rings. The van der Waals surface area contributed by atoms with E-state index < -0.39 is 0 Å². The van der Waals surface area contributed by atoms with Gasteiger partial charge in [-0.05, 0) is 12.1 Å². The van der Waals surface area contributed by atoms with Gasteiger partial charge in [-0.1, -0.05) is 35.5 Å². The van der Waals surface area contributed by atoms with Crippen LogP contribution in [0.4, 0.5) is 0 Å². The highest BCUT2D eigenvalue weighted by molar-refractivity contribution is 7.99. The number of aromatic nitrogens is 3. The molecule has 0 aliphatic rings. The summed E-state index contributed by atoms with van der Waals surface area (Å²) in [6, 6.07) is 7.49. The maximum atomic E-state index is 5.90. The molecule has 0 spiro atoms. The molecule has 0 atom stereocenters. The molecule has 0 saturated carbocycles. The molecule has 6 heteroatoms. The number of H-pyrrole nitrogens is 1. The predicted molar refractivity (Wildman–Crippen MR) is 66.6 cm³/mol. The van der Waals surface area contributed by atoms with Crippen molar-refractivity contribution in [3.8, 4) is 11.4 Å². The van der Waals surface area contributed by atoms with Crippen LogP contribution < -0.4 is 5.73 Å². The largest absolute Gasteiger partial charge is 0.330 e. The van der Waals surface area contributed by atoms with Crippen molar-refractivity contribution >= 4 is 23.4 Å². The van der Waals surface area contributed by atoms with Crippen LogP contribution in [0.2, 0.25) is 5.02 Å². The first-order valence-corrected chi connectivity index (χ1v) is 6.17. The van der Waals surface area contributed by atoms with E-state index in [1.165, 1.54) is 11.8 Å². The van der Waals surface area contributed by atoms with Gasteiger partial charge in [0, 0.05) is 22.9 Å². The molecule has 0 saturated heterocycles. The highest BCUT2D eigenvalue weighted by atomic mass is 35.5. The van der Waals surface area contributed by atoms with Gasteiger partial charge in [0.2, 0.25) is 5.16 Å². The fourth-order valence-corrected chi connectivity index (χ4v) is 1.98. The van der Waals surface area contributed by atoms with E-state index in [4.69, 9.17) is 17.3 Å². The first-order chi connectivity index (χ1) is 7.79. The smallest absolute Gasteiger partial charge is 0.208 e. The van der Waals surface area contributed by atoms with Gasteiger partial charge in [0.1, 0.15) is 0 Å². The molecule has 1 heterocycles. The van der Waals surface area contributed by atoms with Crippen molar-refractivity contribution in [1.29, 1.82) is 0 Å². The maximum Gasteiger partial charge on any atom is 0.208 e. The third kappa shape index (κ3) is 2.75. The van der Waals surface area contributed by atoms with Gasteiger partial charge in [-0.2, -0.15) is 0 Å². The summed E-state index contributed by atoms with van der Waals surface area (Å²) in [7, 11) is 0. The van der Waals surface area contributed by atoms with Gasteiger partial charge in [-0.3, -0.25) is 5.10 Å². The number of nitrogens with one attached hydrogen (secondary N) is 1. The Morgan fingerprint density at radius 2 is 2.31 bits per heavy atom. The van der Waals surface area contributed by atoms with Crippen LogP contribution in [0, 0.1) is 0 Å². The lowest BCUT2D eigenvalue weighted by Gasteiger charge is -1.95. The molecule has 0 aliphatic carbocycles. The molecule has 0 radical (unpaired) electrons. The molecule has 0 bridgehead atoms. The zero-order valence-electron chi connectivity index (χ0n) is 8.48. The van der Waals surface area contributed by atoms with Crippen LogP contribution in [0.15, 0.2) is 29.4 Å². The molecule has 2 rings (SSSR count). The number of hydrogen-bond donors (Lipinski definition) is 2. The van der Waals surface area contributed by atoms with Crippen molar-refractivity contribution in [1.82, 2.24) is 15.2 Å². The van der Waals surface area contributed by atoms with E-state index >= 15 is 0 Å². The van der Waals surface area contributed by atoms with Crippen LogP contribution >= 0.6 is 23.4 Å². The van der Waals surface area contributed by atoms with E-state index in [1.54, 1.807) is 0 Å². The summed E-state index contributed by atoms with van der Waals surface area (Å²) in [6.45, 7) is 0.617. The fourth-order valence-electron chi connectivity index (χ4n) is 1.23. The predicted octanol–water partition coefficient (Wildman–Crippen LogP) is 2.18. The van der Waals surface area contributed by atoms with Crippen molar-refractivity contribution < 1.29 is 0 Å². The van der Waals surface area contributed by atoms with Gasteiger partial charge in [0.25, 0.3) is 0 Å². The number of nitrogens with zero attached hydrogens (tertiary/aromatic N) is 2. The summed E-state index contributed by atoms with van der Waals surface area (Å²) in [5.41, 5.74) is 6.34. The zero-order valence-corrected chi connectivity index (χ0v) is 10.1. The molecular formula is C10H11ClN4S. The second-order valence-electron chi connectivity index (χ2n) is 3.11. The summed E-state index contributed by atoms with van der Waals surface area (Å²) in [4.78, 5) is 4.34. The zero-order chi connectivity index (χ0) is 11.4. The van der Waals surface area contributed by atoms with Crippen LogP contribution in [-0.4, -0.2) is 27.5 Å². The Balaban J connectivity index is 2.18. The first-order valence-electron chi connectivity index (χ1n) is 4.81. The Morgan fingerprint density at radius 1 is 1.44 bits per heavy atom. The molecular weight excluding hydrogens is 244 g/mol. The highest BCUT2D eigenvalue weighted by Crippen LogP contribution is 2.21. The summed E-state index contributed by atoms with van der Waals surface area (Å²) < 4.78 is 0. The number of nitrogens with two attached hydrogens (primary N) is 1. The third-order valence-electron chi connectivity index (χ3n) is 1.91. The number of rotatable bonds is 4. The minimum Gasteiger partial charge on any atom is -0.330 e. The minimum absolute atomic E-state index is 0.617. The number of halogens is 1. The van der Waals surface area contributed by atoms with E-state index in [2.05, 4.69) is 15.2 Å². The van der Waals surface area contributed by atoms with Gasteiger partial charge in [-0.25, -0.2) is 4.98 Å². The van der Waals surface area contributed by atoms with E-state index in [1.807, 2.05) is 24.3 Å². The van der Waals surface area contributed by atoms with Crippen LogP contribution in [0.5, 0.6) is 0 Å². The van der Waals surface area contributed by atoms with Crippen molar-refractivity contribution in [3.05, 3.63) is 29.3 Å². The second-order valence-corrected chi connectivity index (χ2v) is 4.61. The molecule has 0 aliphatic heterocycles. The van der Waals surface area contributed by atoms with E-state index in [0.29, 0.717) is 16.7 Å². The van der Waals surface area contributed by atoms with Crippen molar-refractivity contribution in [2.24, 2.45) is 5.73 Å². The minimum atomic E-state index is 0.617. The summed E-state index contributed by atoms with van der Waals surface area (Å²) in [5.74, 6) is 1.54. The van der Waals surface area contributed by atoms with Gasteiger partial charge in [0.05, 0.1) is 0 Å². The maximum absolute atomic E-state index is 5.90. The first kappa shape index (κ1) is 11.4. The number of aromatic amines is 1.